The Labute approximate surface area is 127 Å². The van der Waals surface area contributed by atoms with Crippen LogP contribution in [0.2, 0.25) is 5.02 Å². The van der Waals surface area contributed by atoms with Crippen molar-refractivity contribution in [2.45, 2.75) is 0 Å². The summed E-state index contributed by atoms with van der Waals surface area (Å²) in [5.41, 5.74) is 0.921. The molecule has 0 radical (unpaired) electrons. The number of pyridine rings is 1. The van der Waals surface area contributed by atoms with Gasteiger partial charge in [-0.3, -0.25) is 9.69 Å². The third kappa shape index (κ3) is 3.25. The molecule has 1 aliphatic rings. The molecule has 1 aromatic heterocycles. The Balaban J connectivity index is 1.73. The minimum absolute atomic E-state index is 0.109. The maximum Gasteiger partial charge on any atom is 0.317 e. The lowest BCUT2D eigenvalue weighted by Gasteiger charge is -2.34. The molecule has 0 saturated carbocycles. The Kier molecular flexibility index (Phi) is 3.94. The van der Waals surface area contributed by atoms with Crippen LogP contribution in [0, 0.1) is 0 Å². The maximum atomic E-state index is 10.7. The molecule has 1 aliphatic heterocycles. The number of piperazine rings is 1. The molecule has 2 aromatic rings. The number of rotatable bonds is 3. The number of hydrogen-bond acceptors (Lipinski definition) is 4. The third-order valence-corrected chi connectivity index (χ3v) is 3.93. The Bertz CT molecular complexity index is 669. The van der Waals surface area contributed by atoms with Crippen molar-refractivity contribution < 1.29 is 9.90 Å². The Hall–Kier alpha value is -1.85. The first-order chi connectivity index (χ1) is 10.1. The normalized spacial score (nSPS) is 16.3. The summed E-state index contributed by atoms with van der Waals surface area (Å²) < 4.78 is 0. The van der Waals surface area contributed by atoms with E-state index in [9.17, 15) is 4.79 Å². The van der Waals surface area contributed by atoms with Gasteiger partial charge in [-0.05, 0) is 30.3 Å². The van der Waals surface area contributed by atoms with Crippen LogP contribution in [-0.4, -0.2) is 53.7 Å². The summed E-state index contributed by atoms with van der Waals surface area (Å²) in [5.74, 6) is 0.156. The summed E-state index contributed by atoms with van der Waals surface area (Å²) in [6, 6.07) is 9.67. The second-order valence-corrected chi connectivity index (χ2v) is 5.60. The van der Waals surface area contributed by atoms with Gasteiger partial charge < -0.3 is 10.0 Å². The molecule has 0 spiro atoms. The van der Waals surface area contributed by atoms with Crippen molar-refractivity contribution in [3.8, 4) is 0 Å². The minimum Gasteiger partial charge on any atom is -0.480 e. The van der Waals surface area contributed by atoms with Crippen LogP contribution >= 0.6 is 11.6 Å². The molecule has 3 rings (SSSR count). The second kappa shape index (κ2) is 5.87. The van der Waals surface area contributed by atoms with E-state index in [1.807, 2.05) is 35.2 Å². The third-order valence-electron chi connectivity index (χ3n) is 3.69. The first kappa shape index (κ1) is 14.1. The van der Waals surface area contributed by atoms with Gasteiger partial charge in [0.1, 0.15) is 5.82 Å². The number of anilines is 1. The van der Waals surface area contributed by atoms with Crippen molar-refractivity contribution in [2.75, 3.05) is 37.6 Å². The van der Waals surface area contributed by atoms with Crippen molar-refractivity contribution in [3.63, 3.8) is 0 Å². The van der Waals surface area contributed by atoms with Gasteiger partial charge in [0.2, 0.25) is 0 Å². The molecular weight excluding hydrogens is 290 g/mol. The lowest BCUT2D eigenvalue weighted by Crippen LogP contribution is -2.48. The molecule has 5 nitrogen and oxygen atoms in total. The van der Waals surface area contributed by atoms with Crippen LogP contribution in [0.4, 0.5) is 5.82 Å². The number of carboxylic acid groups (broad SMARTS) is 1. The predicted molar refractivity (Wildman–Crippen MR) is 83.0 cm³/mol. The summed E-state index contributed by atoms with van der Waals surface area (Å²) in [7, 11) is 0. The van der Waals surface area contributed by atoms with Crippen LogP contribution in [0.3, 0.4) is 0 Å². The van der Waals surface area contributed by atoms with Crippen molar-refractivity contribution in [2.24, 2.45) is 0 Å². The fourth-order valence-corrected chi connectivity index (χ4v) is 2.77. The number of benzene rings is 1. The highest BCUT2D eigenvalue weighted by molar-refractivity contribution is 6.31. The number of nitrogens with zero attached hydrogens (tertiary/aromatic N) is 3. The highest BCUT2D eigenvalue weighted by Gasteiger charge is 2.19. The van der Waals surface area contributed by atoms with Gasteiger partial charge in [-0.15, -0.1) is 0 Å². The quantitative estimate of drug-likeness (QED) is 0.941. The van der Waals surface area contributed by atoms with Gasteiger partial charge in [-0.2, -0.15) is 0 Å². The molecule has 110 valence electrons. The van der Waals surface area contributed by atoms with Crippen LogP contribution in [0.1, 0.15) is 0 Å². The van der Waals surface area contributed by atoms with Gasteiger partial charge in [-0.1, -0.05) is 11.6 Å². The van der Waals surface area contributed by atoms with Gasteiger partial charge in [0.25, 0.3) is 0 Å². The molecule has 6 heteroatoms. The number of aromatic nitrogens is 1. The number of fused-ring (bicyclic) bond motifs is 1. The zero-order valence-corrected chi connectivity index (χ0v) is 12.3. The van der Waals surface area contributed by atoms with Crippen LogP contribution in [-0.2, 0) is 4.79 Å². The van der Waals surface area contributed by atoms with Crippen LogP contribution in [0.5, 0.6) is 0 Å². The fraction of sp³-hybridized carbons (Fsp3) is 0.333. The standard InChI is InChI=1S/C15H16ClN3O2/c16-12-2-3-13-11(9-12)1-4-14(17-13)19-7-5-18(6-8-19)10-15(20)21/h1-4,9H,5-8,10H2,(H,20,21). The second-order valence-electron chi connectivity index (χ2n) is 5.16. The number of carbonyl (C=O) groups is 1. The lowest BCUT2D eigenvalue weighted by molar-refractivity contribution is -0.138. The average molecular weight is 306 g/mol. The summed E-state index contributed by atoms with van der Waals surface area (Å²) in [6.07, 6.45) is 0. The van der Waals surface area contributed by atoms with Gasteiger partial charge in [-0.25, -0.2) is 4.98 Å². The van der Waals surface area contributed by atoms with E-state index in [0.29, 0.717) is 5.02 Å². The van der Waals surface area contributed by atoms with Gasteiger partial charge in [0.15, 0.2) is 0 Å². The molecule has 0 bridgehead atoms. The van der Waals surface area contributed by atoms with E-state index in [1.165, 1.54) is 0 Å². The highest BCUT2D eigenvalue weighted by Crippen LogP contribution is 2.22. The monoisotopic (exact) mass is 305 g/mol. The van der Waals surface area contributed by atoms with E-state index in [2.05, 4.69) is 9.88 Å². The molecule has 2 heterocycles. The average Bonchev–Trinajstić information content (AvgIpc) is 2.47. The summed E-state index contributed by atoms with van der Waals surface area (Å²) in [5, 5.41) is 10.5. The Morgan fingerprint density at radius 3 is 2.67 bits per heavy atom. The largest absolute Gasteiger partial charge is 0.480 e. The predicted octanol–water partition coefficient (Wildman–Crippen LogP) is 2.09. The van der Waals surface area contributed by atoms with Gasteiger partial charge in [0.05, 0.1) is 12.1 Å². The highest BCUT2D eigenvalue weighted by atomic mass is 35.5. The first-order valence-electron chi connectivity index (χ1n) is 6.87. The van der Waals surface area contributed by atoms with Crippen molar-refractivity contribution in [1.29, 1.82) is 0 Å². The molecule has 0 unspecified atom stereocenters. The van der Waals surface area contributed by atoms with E-state index < -0.39 is 5.97 Å². The van der Waals surface area contributed by atoms with E-state index in [1.54, 1.807) is 0 Å². The summed E-state index contributed by atoms with van der Waals surface area (Å²) in [4.78, 5) is 19.5. The summed E-state index contributed by atoms with van der Waals surface area (Å²) in [6.45, 7) is 3.18. The number of hydrogen-bond donors (Lipinski definition) is 1. The van der Waals surface area contributed by atoms with Crippen molar-refractivity contribution >= 4 is 34.3 Å². The molecule has 0 aliphatic carbocycles. The molecule has 1 N–H and O–H groups in total. The van der Waals surface area contributed by atoms with E-state index in [4.69, 9.17) is 16.7 Å². The van der Waals surface area contributed by atoms with Crippen LogP contribution < -0.4 is 4.90 Å². The van der Waals surface area contributed by atoms with E-state index in [0.717, 1.165) is 42.9 Å². The van der Waals surface area contributed by atoms with Gasteiger partial charge in [0, 0.05) is 36.6 Å². The lowest BCUT2D eigenvalue weighted by atomic mass is 10.2. The number of halogens is 1. The molecule has 0 amide bonds. The fourth-order valence-electron chi connectivity index (χ4n) is 2.59. The topological polar surface area (TPSA) is 56.7 Å². The summed E-state index contributed by atoms with van der Waals surface area (Å²) >= 11 is 5.97. The molecule has 1 fully saturated rings. The Morgan fingerprint density at radius 2 is 1.95 bits per heavy atom. The molecule has 21 heavy (non-hydrogen) atoms. The molecule has 1 saturated heterocycles. The number of carboxylic acids is 1. The van der Waals surface area contributed by atoms with Crippen molar-refractivity contribution in [1.82, 2.24) is 9.88 Å². The smallest absolute Gasteiger partial charge is 0.317 e. The minimum atomic E-state index is -0.774. The van der Waals surface area contributed by atoms with Crippen molar-refractivity contribution in [3.05, 3.63) is 35.4 Å². The van der Waals surface area contributed by atoms with E-state index >= 15 is 0 Å². The number of aliphatic carboxylic acids is 1. The SMILES string of the molecule is O=C(O)CN1CCN(c2ccc3cc(Cl)ccc3n2)CC1. The van der Waals surface area contributed by atoms with Crippen LogP contribution in [0.15, 0.2) is 30.3 Å². The molecule has 1 aromatic carbocycles. The zero-order chi connectivity index (χ0) is 14.8. The maximum absolute atomic E-state index is 10.7. The first-order valence-corrected chi connectivity index (χ1v) is 7.25. The van der Waals surface area contributed by atoms with Crippen LogP contribution in [0.25, 0.3) is 10.9 Å². The van der Waals surface area contributed by atoms with E-state index in [-0.39, 0.29) is 6.54 Å². The zero-order valence-electron chi connectivity index (χ0n) is 11.5. The Morgan fingerprint density at radius 1 is 1.19 bits per heavy atom. The molecular formula is C15H16ClN3O2. The molecule has 0 atom stereocenters. The van der Waals surface area contributed by atoms with Gasteiger partial charge >= 0.3 is 5.97 Å².